The Labute approximate surface area is 109 Å². The topological polar surface area (TPSA) is 55.1 Å². The van der Waals surface area contributed by atoms with Gasteiger partial charge in [-0.15, -0.1) is 0 Å². The number of hydrogen-bond donors (Lipinski definition) is 2. The average Bonchev–Trinajstić information content (AvgIpc) is 2.34. The molecule has 0 radical (unpaired) electrons. The van der Waals surface area contributed by atoms with Gasteiger partial charge in [0.2, 0.25) is 5.91 Å². The number of benzene rings is 1. The van der Waals surface area contributed by atoms with E-state index < -0.39 is 0 Å². The van der Waals surface area contributed by atoms with Crippen LogP contribution in [0.4, 0.5) is 11.4 Å². The standard InChI is InChI=1S/C15H22N2O/c1-10-8-13(16)9-11(2)14(10)17-15(18)12-6-4-3-5-7-12/h8-9,12H,3-7,16H2,1-2H3,(H,17,18). The van der Waals surface area contributed by atoms with Gasteiger partial charge in [-0.25, -0.2) is 0 Å². The number of carbonyl (C=O) groups excluding carboxylic acids is 1. The number of hydrogen-bond acceptors (Lipinski definition) is 2. The summed E-state index contributed by atoms with van der Waals surface area (Å²) in [6, 6.07) is 3.81. The minimum Gasteiger partial charge on any atom is -0.399 e. The van der Waals surface area contributed by atoms with Crippen molar-refractivity contribution in [2.75, 3.05) is 11.1 Å². The molecule has 1 aromatic carbocycles. The monoisotopic (exact) mass is 246 g/mol. The summed E-state index contributed by atoms with van der Waals surface area (Å²) < 4.78 is 0. The molecule has 2 rings (SSSR count). The van der Waals surface area contributed by atoms with Crippen LogP contribution in [0.5, 0.6) is 0 Å². The number of carbonyl (C=O) groups is 1. The van der Waals surface area contributed by atoms with Gasteiger partial charge in [0.25, 0.3) is 0 Å². The summed E-state index contributed by atoms with van der Waals surface area (Å²) in [5.74, 6) is 0.362. The van der Waals surface area contributed by atoms with Crippen LogP contribution in [0.1, 0.15) is 43.2 Å². The summed E-state index contributed by atoms with van der Waals surface area (Å²) in [5, 5.41) is 3.08. The third kappa shape index (κ3) is 2.84. The number of anilines is 2. The van der Waals surface area contributed by atoms with Crippen LogP contribution >= 0.6 is 0 Å². The van der Waals surface area contributed by atoms with E-state index in [0.29, 0.717) is 0 Å². The van der Waals surface area contributed by atoms with Crippen LogP contribution in [0.3, 0.4) is 0 Å². The molecule has 98 valence electrons. The molecule has 1 amide bonds. The highest BCUT2D eigenvalue weighted by atomic mass is 16.1. The average molecular weight is 246 g/mol. The first kappa shape index (κ1) is 12.9. The van der Waals surface area contributed by atoms with E-state index in [-0.39, 0.29) is 11.8 Å². The summed E-state index contributed by atoms with van der Waals surface area (Å²) in [7, 11) is 0. The van der Waals surface area contributed by atoms with E-state index >= 15 is 0 Å². The minimum atomic E-state index is 0.172. The minimum absolute atomic E-state index is 0.172. The fraction of sp³-hybridized carbons (Fsp3) is 0.533. The Morgan fingerprint density at radius 1 is 1.17 bits per heavy atom. The van der Waals surface area contributed by atoms with E-state index in [1.54, 1.807) is 0 Å². The highest BCUT2D eigenvalue weighted by molar-refractivity contribution is 5.94. The molecule has 3 N–H and O–H groups in total. The third-order valence-electron chi connectivity index (χ3n) is 3.78. The van der Waals surface area contributed by atoms with Crippen LogP contribution in [0.15, 0.2) is 12.1 Å². The van der Waals surface area contributed by atoms with E-state index in [4.69, 9.17) is 5.73 Å². The van der Waals surface area contributed by atoms with Gasteiger partial charge in [0.05, 0.1) is 0 Å². The van der Waals surface area contributed by atoms with E-state index in [2.05, 4.69) is 5.32 Å². The van der Waals surface area contributed by atoms with Crippen LogP contribution in [0.25, 0.3) is 0 Å². The summed E-state index contributed by atoms with van der Waals surface area (Å²) >= 11 is 0. The van der Waals surface area contributed by atoms with Crippen molar-refractivity contribution in [3.8, 4) is 0 Å². The fourth-order valence-electron chi connectivity index (χ4n) is 2.78. The number of nitrogen functional groups attached to an aromatic ring is 1. The maximum atomic E-state index is 12.2. The predicted molar refractivity (Wildman–Crippen MR) is 75.5 cm³/mol. The van der Waals surface area contributed by atoms with E-state index in [0.717, 1.165) is 35.3 Å². The smallest absolute Gasteiger partial charge is 0.227 e. The van der Waals surface area contributed by atoms with Gasteiger partial charge in [-0.05, 0) is 49.9 Å². The van der Waals surface area contributed by atoms with E-state index in [1.807, 2.05) is 26.0 Å². The van der Waals surface area contributed by atoms with Crippen molar-refractivity contribution in [1.29, 1.82) is 0 Å². The first-order chi connectivity index (χ1) is 8.58. The molecule has 1 aromatic rings. The summed E-state index contributed by atoms with van der Waals surface area (Å²) in [4.78, 5) is 12.2. The van der Waals surface area contributed by atoms with Gasteiger partial charge >= 0.3 is 0 Å². The van der Waals surface area contributed by atoms with Gasteiger partial charge in [0, 0.05) is 17.3 Å². The summed E-state index contributed by atoms with van der Waals surface area (Å²) in [5.41, 5.74) is 9.55. The molecule has 1 aliphatic rings. The molecule has 0 aromatic heterocycles. The van der Waals surface area contributed by atoms with Gasteiger partial charge in [0.15, 0.2) is 0 Å². The first-order valence-corrected chi connectivity index (χ1v) is 6.75. The molecule has 0 saturated heterocycles. The van der Waals surface area contributed by atoms with Gasteiger partial charge in [0.1, 0.15) is 0 Å². The van der Waals surface area contributed by atoms with Gasteiger partial charge in [-0.2, -0.15) is 0 Å². The van der Waals surface area contributed by atoms with E-state index in [9.17, 15) is 4.79 Å². The van der Waals surface area contributed by atoms with Crippen LogP contribution in [-0.4, -0.2) is 5.91 Å². The Bertz CT molecular complexity index is 425. The zero-order chi connectivity index (χ0) is 13.1. The lowest BCUT2D eigenvalue weighted by molar-refractivity contribution is -0.120. The maximum absolute atomic E-state index is 12.2. The third-order valence-corrected chi connectivity index (χ3v) is 3.78. The van der Waals surface area contributed by atoms with Crippen molar-refractivity contribution in [3.63, 3.8) is 0 Å². The lowest BCUT2D eigenvalue weighted by Crippen LogP contribution is -2.25. The SMILES string of the molecule is Cc1cc(N)cc(C)c1NC(=O)C1CCCCC1. The Morgan fingerprint density at radius 2 is 1.72 bits per heavy atom. The Morgan fingerprint density at radius 3 is 2.28 bits per heavy atom. The molecule has 1 aliphatic carbocycles. The van der Waals surface area contributed by atoms with Gasteiger partial charge < -0.3 is 11.1 Å². The zero-order valence-corrected chi connectivity index (χ0v) is 11.3. The lowest BCUT2D eigenvalue weighted by Gasteiger charge is -2.22. The molecule has 18 heavy (non-hydrogen) atoms. The summed E-state index contributed by atoms with van der Waals surface area (Å²) in [6.07, 6.45) is 5.68. The Hall–Kier alpha value is -1.51. The van der Waals surface area contributed by atoms with Crippen molar-refractivity contribution in [2.24, 2.45) is 5.92 Å². The van der Waals surface area contributed by atoms with E-state index in [1.165, 1.54) is 19.3 Å². The number of rotatable bonds is 2. The second-order valence-electron chi connectivity index (χ2n) is 5.35. The largest absolute Gasteiger partial charge is 0.399 e. The van der Waals surface area contributed by atoms with Crippen LogP contribution in [0.2, 0.25) is 0 Å². The van der Waals surface area contributed by atoms with Crippen LogP contribution < -0.4 is 11.1 Å². The molecule has 0 spiro atoms. The van der Waals surface area contributed by atoms with Crippen molar-refractivity contribution in [2.45, 2.75) is 46.0 Å². The Kier molecular flexibility index (Phi) is 3.90. The van der Waals surface area contributed by atoms with Gasteiger partial charge in [-0.1, -0.05) is 19.3 Å². The number of nitrogens with one attached hydrogen (secondary N) is 1. The number of nitrogens with two attached hydrogens (primary N) is 1. The zero-order valence-electron chi connectivity index (χ0n) is 11.3. The molecule has 0 aliphatic heterocycles. The molecule has 0 heterocycles. The Balaban J connectivity index is 2.11. The summed E-state index contributed by atoms with van der Waals surface area (Å²) in [6.45, 7) is 3.97. The van der Waals surface area contributed by atoms with Crippen molar-refractivity contribution >= 4 is 17.3 Å². The molecule has 0 unspecified atom stereocenters. The second kappa shape index (κ2) is 5.42. The maximum Gasteiger partial charge on any atom is 0.227 e. The molecule has 1 fully saturated rings. The fourth-order valence-corrected chi connectivity index (χ4v) is 2.78. The number of amides is 1. The van der Waals surface area contributed by atoms with Crippen LogP contribution in [0, 0.1) is 19.8 Å². The molecule has 3 nitrogen and oxygen atoms in total. The molecular weight excluding hydrogens is 224 g/mol. The lowest BCUT2D eigenvalue weighted by atomic mass is 9.88. The highest BCUT2D eigenvalue weighted by Crippen LogP contribution is 2.28. The van der Waals surface area contributed by atoms with Crippen molar-refractivity contribution in [1.82, 2.24) is 0 Å². The number of aryl methyl sites for hydroxylation is 2. The van der Waals surface area contributed by atoms with Crippen molar-refractivity contribution < 1.29 is 4.79 Å². The van der Waals surface area contributed by atoms with Gasteiger partial charge in [-0.3, -0.25) is 4.79 Å². The molecular formula is C15H22N2O. The normalized spacial score (nSPS) is 16.6. The molecule has 3 heteroatoms. The van der Waals surface area contributed by atoms with Crippen molar-refractivity contribution in [3.05, 3.63) is 23.3 Å². The predicted octanol–water partition coefficient (Wildman–Crippen LogP) is 3.40. The quantitative estimate of drug-likeness (QED) is 0.786. The molecule has 0 bridgehead atoms. The molecule has 0 atom stereocenters. The first-order valence-electron chi connectivity index (χ1n) is 6.75. The second-order valence-corrected chi connectivity index (χ2v) is 5.35. The molecule has 1 saturated carbocycles. The van der Waals surface area contributed by atoms with Crippen LogP contribution in [-0.2, 0) is 4.79 Å². The highest BCUT2D eigenvalue weighted by Gasteiger charge is 2.21.